The third kappa shape index (κ3) is 3.27. The van der Waals surface area contributed by atoms with Crippen molar-refractivity contribution in [3.05, 3.63) is 17.8 Å². The van der Waals surface area contributed by atoms with Gasteiger partial charge in [0, 0.05) is 6.92 Å². The molecule has 0 aromatic carbocycles. The summed E-state index contributed by atoms with van der Waals surface area (Å²) in [5, 5.41) is 0. The Bertz CT molecular complexity index is 433. The van der Waals surface area contributed by atoms with Gasteiger partial charge in [0.1, 0.15) is 6.61 Å². The topological polar surface area (TPSA) is 86.5 Å². The number of nitrogens with zero attached hydrogens (tertiary/aromatic N) is 1. The number of hydrogen-bond acceptors (Lipinski definition) is 6. The van der Waals surface area contributed by atoms with E-state index in [0.29, 0.717) is 0 Å². The van der Waals surface area contributed by atoms with Crippen LogP contribution < -0.4 is 0 Å². The molecule has 6 nitrogen and oxygen atoms in total. The van der Waals surface area contributed by atoms with Crippen LogP contribution in [0, 0.1) is 0 Å². The normalized spacial score (nSPS) is 11.6. The van der Waals surface area contributed by atoms with E-state index in [4.69, 9.17) is 4.42 Å². The van der Waals surface area contributed by atoms with E-state index >= 15 is 0 Å². The molecule has 1 aromatic rings. The summed E-state index contributed by atoms with van der Waals surface area (Å²) in [6.45, 7) is 1.05. The number of rotatable bonds is 4. The van der Waals surface area contributed by atoms with E-state index in [1.807, 2.05) is 0 Å². The summed E-state index contributed by atoms with van der Waals surface area (Å²) >= 11 is 0. The first kappa shape index (κ1) is 10.9. The van der Waals surface area contributed by atoms with Crippen molar-refractivity contribution in [3.63, 3.8) is 0 Å². The van der Waals surface area contributed by atoms with Gasteiger partial charge in [-0.05, 0) is 0 Å². The Balaban J connectivity index is 2.65. The third-order valence-corrected chi connectivity index (χ3v) is 1.82. The minimum absolute atomic E-state index is 0.0582. The van der Waals surface area contributed by atoms with Gasteiger partial charge in [0.15, 0.2) is 5.76 Å². The lowest BCUT2D eigenvalue weighted by Gasteiger charge is -1.95. The lowest BCUT2D eigenvalue weighted by atomic mass is 10.5. The van der Waals surface area contributed by atoms with Crippen LogP contribution in [0.3, 0.4) is 0 Å². The van der Waals surface area contributed by atoms with Crippen LogP contribution in [0.4, 0.5) is 0 Å². The van der Waals surface area contributed by atoms with Crippen molar-refractivity contribution in [3.8, 4) is 0 Å². The molecule has 0 amide bonds. The molecule has 1 rings (SSSR count). The van der Waals surface area contributed by atoms with Gasteiger partial charge in [0.25, 0.3) is 16.0 Å². The standard InChI is InChI=1S/C7H9NO5S/c1-5(9)7-8-3-6(13-7)4-12-14(2,10)11/h3H,4H2,1-2H3. The SMILES string of the molecule is CC(=O)c1ncc(COS(C)(=O)=O)o1. The molecule has 0 atom stereocenters. The van der Waals surface area contributed by atoms with Gasteiger partial charge in [-0.15, -0.1) is 0 Å². The van der Waals surface area contributed by atoms with E-state index in [1.54, 1.807) is 0 Å². The average Bonchev–Trinajstić information content (AvgIpc) is 2.47. The van der Waals surface area contributed by atoms with Gasteiger partial charge >= 0.3 is 0 Å². The Hall–Kier alpha value is -1.21. The molecular formula is C7H9NO5S. The molecule has 0 saturated carbocycles. The highest BCUT2D eigenvalue weighted by Gasteiger charge is 2.10. The number of ketones is 1. The molecule has 0 unspecified atom stereocenters. The first-order valence-electron chi connectivity index (χ1n) is 3.68. The third-order valence-electron chi connectivity index (χ3n) is 1.27. The van der Waals surface area contributed by atoms with Crippen molar-refractivity contribution in [2.45, 2.75) is 13.5 Å². The molecule has 0 aliphatic heterocycles. The second-order valence-electron chi connectivity index (χ2n) is 2.65. The Morgan fingerprint density at radius 1 is 1.64 bits per heavy atom. The predicted molar refractivity (Wildman–Crippen MR) is 46.1 cm³/mol. The van der Waals surface area contributed by atoms with Crippen LogP contribution >= 0.6 is 0 Å². The fraction of sp³-hybridized carbons (Fsp3) is 0.429. The average molecular weight is 219 g/mol. The number of aromatic nitrogens is 1. The van der Waals surface area contributed by atoms with Crippen LogP contribution in [-0.2, 0) is 20.9 Å². The molecule has 1 heterocycles. The van der Waals surface area contributed by atoms with E-state index in [9.17, 15) is 13.2 Å². The molecule has 14 heavy (non-hydrogen) atoms. The molecule has 0 aliphatic rings. The van der Waals surface area contributed by atoms with E-state index in [0.717, 1.165) is 6.26 Å². The zero-order valence-corrected chi connectivity index (χ0v) is 8.50. The number of carbonyl (C=O) groups is 1. The first-order chi connectivity index (χ1) is 6.38. The summed E-state index contributed by atoms with van der Waals surface area (Å²) in [5.41, 5.74) is 0. The highest BCUT2D eigenvalue weighted by Crippen LogP contribution is 2.06. The Labute approximate surface area is 81.0 Å². The highest BCUT2D eigenvalue weighted by atomic mass is 32.2. The molecule has 0 bridgehead atoms. The summed E-state index contributed by atoms with van der Waals surface area (Å²) in [5.74, 6) is -0.187. The molecule has 0 saturated heterocycles. The van der Waals surface area contributed by atoms with E-state index in [1.165, 1.54) is 13.1 Å². The summed E-state index contributed by atoms with van der Waals surface area (Å²) in [6, 6.07) is 0. The van der Waals surface area contributed by atoms with Gasteiger partial charge in [-0.2, -0.15) is 8.42 Å². The van der Waals surface area contributed by atoms with Crippen molar-refractivity contribution in [1.29, 1.82) is 0 Å². The molecule has 78 valence electrons. The quantitative estimate of drug-likeness (QED) is 0.536. The van der Waals surface area contributed by atoms with Gasteiger partial charge in [-0.1, -0.05) is 0 Å². The first-order valence-corrected chi connectivity index (χ1v) is 5.50. The van der Waals surface area contributed by atoms with Crippen LogP contribution in [0.5, 0.6) is 0 Å². The van der Waals surface area contributed by atoms with Crippen molar-refractivity contribution >= 4 is 15.9 Å². The van der Waals surface area contributed by atoms with E-state index in [-0.39, 0.29) is 24.0 Å². The molecule has 7 heteroatoms. The second-order valence-corrected chi connectivity index (χ2v) is 4.30. The molecule has 0 fully saturated rings. The number of Topliss-reactive ketones (excluding diaryl/α,β-unsaturated/α-hetero) is 1. The fourth-order valence-corrected chi connectivity index (χ4v) is 1.03. The van der Waals surface area contributed by atoms with Gasteiger partial charge < -0.3 is 4.42 Å². The highest BCUT2D eigenvalue weighted by molar-refractivity contribution is 7.85. The maximum absolute atomic E-state index is 10.7. The van der Waals surface area contributed by atoms with Crippen LogP contribution in [0.1, 0.15) is 23.4 Å². The number of hydrogen-bond donors (Lipinski definition) is 0. The number of carbonyl (C=O) groups excluding carboxylic acids is 1. The molecule has 0 radical (unpaired) electrons. The van der Waals surface area contributed by atoms with Gasteiger partial charge in [-0.25, -0.2) is 4.98 Å². The fourth-order valence-electron chi connectivity index (χ4n) is 0.702. The smallest absolute Gasteiger partial charge is 0.264 e. The Kier molecular flexibility index (Phi) is 3.02. The van der Waals surface area contributed by atoms with Gasteiger partial charge in [-0.3, -0.25) is 8.98 Å². The van der Waals surface area contributed by atoms with Crippen molar-refractivity contribution < 1.29 is 21.8 Å². The van der Waals surface area contributed by atoms with Crippen molar-refractivity contribution in [1.82, 2.24) is 4.98 Å². The second kappa shape index (κ2) is 3.89. The van der Waals surface area contributed by atoms with E-state index < -0.39 is 10.1 Å². The van der Waals surface area contributed by atoms with Gasteiger partial charge in [0.2, 0.25) is 5.78 Å². The lowest BCUT2D eigenvalue weighted by molar-refractivity contribution is 0.0977. The van der Waals surface area contributed by atoms with Crippen molar-refractivity contribution in [2.24, 2.45) is 0 Å². The maximum Gasteiger partial charge on any atom is 0.264 e. The predicted octanol–water partition coefficient (Wildman–Crippen LogP) is 0.353. The summed E-state index contributed by atoms with van der Waals surface area (Å²) in [6.07, 6.45) is 2.18. The van der Waals surface area contributed by atoms with Crippen LogP contribution in [0.25, 0.3) is 0 Å². The Morgan fingerprint density at radius 3 is 2.71 bits per heavy atom. The summed E-state index contributed by atoms with van der Waals surface area (Å²) in [4.78, 5) is 14.4. The molecule has 0 N–H and O–H groups in total. The van der Waals surface area contributed by atoms with Crippen LogP contribution in [-0.4, -0.2) is 25.4 Å². The summed E-state index contributed by atoms with van der Waals surface area (Å²) in [7, 11) is -3.51. The largest absolute Gasteiger partial charge is 0.436 e. The van der Waals surface area contributed by atoms with Crippen molar-refractivity contribution in [2.75, 3.05) is 6.26 Å². The minimum Gasteiger partial charge on any atom is -0.436 e. The monoisotopic (exact) mass is 219 g/mol. The molecular weight excluding hydrogens is 210 g/mol. The van der Waals surface area contributed by atoms with Gasteiger partial charge in [0.05, 0.1) is 12.5 Å². The molecule has 0 spiro atoms. The Morgan fingerprint density at radius 2 is 2.29 bits per heavy atom. The van der Waals surface area contributed by atoms with Crippen LogP contribution in [0.2, 0.25) is 0 Å². The summed E-state index contributed by atoms with van der Waals surface area (Å²) < 4.78 is 30.5. The zero-order valence-electron chi connectivity index (χ0n) is 7.68. The molecule has 0 aliphatic carbocycles. The minimum atomic E-state index is -3.51. The zero-order chi connectivity index (χ0) is 10.8. The molecule has 1 aromatic heterocycles. The maximum atomic E-state index is 10.7. The van der Waals surface area contributed by atoms with Crippen LogP contribution in [0.15, 0.2) is 10.6 Å². The lowest BCUT2D eigenvalue weighted by Crippen LogP contribution is -2.01. The number of oxazole rings is 1. The van der Waals surface area contributed by atoms with E-state index in [2.05, 4.69) is 9.17 Å².